The maximum absolute atomic E-state index is 12.2. The largest absolute Gasteiger partial charge is 0.369 e. The van der Waals surface area contributed by atoms with Crippen molar-refractivity contribution in [2.75, 3.05) is 23.0 Å². The Hall–Kier alpha value is -1.56. The van der Waals surface area contributed by atoms with E-state index in [9.17, 15) is 13.2 Å². The average molecular weight is 340 g/mol. The Labute approximate surface area is 140 Å². The van der Waals surface area contributed by atoms with Crippen molar-refractivity contribution in [3.8, 4) is 0 Å². The minimum absolute atomic E-state index is 0.0374. The highest BCUT2D eigenvalue weighted by Gasteiger charge is 2.17. The zero-order valence-electron chi connectivity index (χ0n) is 14.7. The van der Waals surface area contributed by atoms with E-state index in [0.29, 0.717) is 11.6 Å². The van der Waals surface area contributed by atoms with E-state index in [4.69, 9.17) is 0 Å². The van der Waals surface area contributed by atoms with Crippen molar-refractivity contribution in [3.63, 3.8) is 0 Å². The van der Waals surface area contributed by atoms with E-state index in [-0.39, 0.29) is 17.4 Å². The molecule has 1 amide bonds. The summed E-state index contributed by atoms with van der Waals surface area (Å²) in [5.41, 5.74) is 1.61. The van der Waals surface area contributed by atoms with Gasteiger partial charge < -0.3 is 10.2 Å². The number of hydrogen-bond donors (Lipinski definition) is 1. The van der Waals surface area contributed by atoms with Gasteiger partial charge in [-0.25, -0.2) is 8.42 Å². The Kier molecular flexibility index (Phi) is 7.06. The molecule has 0 saturated heterocycles. The fourth-order valence-electron chi connectivity index (χ4n) is 2.50. The molecule has 0 aliphatic heterocycles. The molecule has 130 valence electrons. The standard InChI is InChI=1S/C17H28N2O3S/c1-6-19(13(3)4)16-10-8-15(9-11-16)17(20)18-14(5)12-23(21,22)7-2/h8-11,13-14H,6-7,12H2,1-5H3,(H,18,20). The molecule has 5 nitrogen and oxygen atoms in total. The van der Waals surface area contributed by atoms with Gasteiger partial charge in [-0.3, -0.25) is 4.79 Å². The van der Waals surface area contributed by atoms with Crippen LogP contribution in [0.2, 0.25) is 0 Å². The molecule has 1 unspecified atom stereocenters. The molecule has 1 aromatic rings. The first-order chi connectivity index (χ1) is 10.7. The van der Waals surface area contributed by atoms with Gasteiger partial charge in [0.05, 0.1) is 5.75 Å². The Morgan fingerprint density at radius 1 is 1.13 bits per heavy atom. The van der Waals surface area contributed by atoms with E-state index < -0.39 is 15.9 Å². The van der Waals surface area contributed by atoms with Crippen LogP contribution in [0.3, 0.4) is 0 Å². The van der Waals surface area contributed by atoms with Crippen LogP contribution < -0.4 is 10.2 Å². The minimum Gasteiger partial charge on any atom is -0.369 e. The van der Waals surface area contributed by atoms with E-state index >= 15 is 0 Å². The number of nitrogens with one attached hydrogen (secondary N) is 1. The van der Waals surface area contributed by atoms with Gasteiger partial charge in [0.2, 0.25) is 0 Å². The fourth-order valence-corrected chi connectivity index (χ4v) is 3.58. The predicted molar refractivity (Wildman–Crippen MR) is 95.9 cm³/mol. The predicted octanol–water partition coefficient (Wildman–Crippen LogP) is 2.47. The second-order valence-corrected chi connectivity index (χ2v) is 8.40. The molecule has 6 heteroatoms. The van der Waals surface area contributed by atoms with Crippen molar-refractivity contribution in [3.05, 3.63) is 29.8 Å². The number of nitrogens with zero attached hydrogens (tertiary/aromatic N) is 1. The topological polar surface area (TPSA) is 66.5 Å². The first-order valence-electron chi connectivity index (χ1n) is 8.08. The molecule has 1 rings (SSSR count). The van der Waals surface area contributed by atoms with Gasteiger partial charge in [0.15, 0.2) is 9.84 Å². The summed E-state index contributed by atoms with van der Waals surface area (Å²) in [6.07, 6.45) is 0. The van der Waals surface area contributed by atoms with E-state index in [1.54, 1.807) is 26.0 Å². The third kappa shape index (κ3) is 5.86. The molecule has 0 saturated carbocycles. The van der Waals surface area contributed by atoms with E-state index in [2.05, 4.69) is 31.0 Å². The van der Waals surface area contributed by atoms with Crippen LogP contribution in [-0.4, -0.2) is 44.5 Å². The van der Waals surface area contributed by atoms with Crippen LogP contribution in [-0.2, 0) is 9.84 Å². The summed E-state index contributed by atoms with van der Waals surface area (Å²) >= 11 is 0. The number of carbonyl (C=O) groups is 1. The lowest BCUT2D eigenvalue weighted by atomic mass is 10.1. The average Bonchev–Trinajstić information content (AvgIpc) is 2.47. The molecule has 0 spiro atoms. The van der Waals surface area contributed by atoms with Gasteiger partial charge in [-0.1, -0.05) is 6.92 Å². The molecule has 1 N–H and O–H groups in total. The summed E-state index contributed by atoms with van der Waals surface area (Å²) < 4.78 is 23.2. The number of amides is 1. The molecule has 0 fully saturated rings. The van der Waals surface area contributed by atoms with Crippen LogP contribution in [0.15, 0.2) is 24.3 Å². The van der Waals surface area contributed by atoms with Crippen molar-refractivity contribution in [2.24, 2.45) is 0 Å². The van der Waals surface area contributed by atoms with Gasteiger partial charge in [-0.2, -0.15) is 0 Å². The van der Waals surface area contributed by atoms with Gasteiger partial charge in [0.25, 0.3) is 5.91 Å². The van der Waals surface area contributed by atoms with Gasteiger partial charge >= 0.3 is 0 Å². The third-order valence-corrected chi connectivity index (χ3v) is 5.63. The lowest BCUT2D eigenvalue weighted by Gasteiger charge is -2.27. The summed E-state index contributed by atoms with van der Waals surface area (Å²) in [6, 6.07) is 7.37. The highest BCUT2D eigenvalue weighted by molar-refractivity contribution is 7.91. The Morgan fingerprint density at radius 2 is 1.70 bits per heavy atom. The lowest BCUT2D eigenvalue weighted by molar-refractivity contribution is 0.0943. The molecule has 0 aliphatic rings. The smallest absolute Gasteiger partial charge is 0.251 e. The minimum atomic E-state index is -3.10. The van der Waals surface area contributed by atoms with E-state index in [0.717, 1.165) is 12.2 Å². The molecule has 0 radical (unpaired) electrons. The van der Waals surface area contributed by atoms with Crippen LogP contribution in [0, 0.1) is 0 Å². The number of carbonyl (C=O) groups excluding carboxylic acids is 1. The van der Waals surface area contributed by atoms with E-state index in [1.165, 1.54) is 0 Å². The van der Waals surface area contributed by atoms with Gasteiger partial charge in [0, 0.05) is 35.6 Å². The SMILES string of the molecule is CCN(c1ccc(C(=O)NC(C)CS(=O)(=O)CC)cc1)C(C)C. The summed E-state index contributed by atoms with van der Waals surface area (Å²) in [5, 5.41) is 2.74. The van der Waals surface area contributed by atoms with Gasteiger partial charge in [-0.05, 0) is 52.0 Å². The Morgan fingerprint density at radius 3 is 2.13 bits per heavy atom. The van der Waals surface area contributed by atoms with Crippen LogP contribution in [0.25, 0.3) is 0 Å². The van der Waals surface area contributed by atoms with Crippen LogP contribution in [0.1, 0.15) is 45.0 Å². The molecule has 23 heavy (non-hydrogen) atoms. The zero-order chi connectivity index (χ0) is 17.6. The second kappa shape index (κ2) is 8.34. The maximum Gasteiger partial charge on any atom is 0.251 e. The fraction of sp³-hybridized carbons (Fsp3) is 0.588. The van der Waals surface area contributed by atoms with Gasteiger partial charge in [0.1, 0.15) is 0 Å². The second-order valence-electron chi connectivity index (χ2n) is 6.00. The molecule has 0 bridgehead atoms. The lowest BCUT2D eigenvalue weighted by Crippen LogP contribution is -2.38. The Bertz CT molecular complexity index is 609. The quantitative estimate of drug-likeness (QED) is 0.789. The molecule has 1 aromatic carbocycles. The molecular formula is C17H28N2O3S. The van der Waals surface area contributed by atoms with Crippen molar-refractivity contribution in [1.29, 1.82) is 0 Å². The summed E-state index contributed by atoms with van der Waals surface area (Å²) in [6.45, 7) is 10.6. The van der Waals surface area contributed by atoms with Crippen LogP contribution in [0.4, 0.5) is 5.69 Å². The van der Waals surface area contributed by atoms with Crippen molar-refractivity contribution < 1.29 is 13.2 Å². The molecule has 1 atom stereocenters. The normalized spacial score (nSPS) is 13.0. The first kappa shape index (κ1) is 19.5. The number of rotatable bonds is 8. The van der Waals surface area contributed by atoms with Crippen molar-refractivity contribution >= 4 is 21.4 Å². The number of anilines is 1. The molecule has 0 aromatic heterocycles. The summed E-state index contributed by atoms with van der Waals surface area (Å²) in [5.74, 6) is -0.197. The number of benzene rings is 1. The van der Waals surface area contributed by atoms with E-state index in [1.807, 2.05) is 12.1 Å². The molecule has 0 heterocycles. The first-order valence-corrected chi connectivity index (χ1v) is 9.90. The maximum atomic E-state index is 12.2. The Balaban J connectivity index is 2.74. The summed E-state index contributed by atoms with van der Waals surface area (Å²) in [4.78, 5) is 14.4. The molecule has 0 aliphatic carbocycles. The highest BCUT2D eigenvalue weighted by Crippen LogP contribution is 2.17. The van der Waals surface area contributed by atoms with Crippen LogP contribution >= 0.6 is 0 Å². The number of hydrogen-bond acceptors (Lipinski definition) is 4. The van der Waals surface area contributed by atoms with Crippen molar-refractivity contribution in [1.82, 2.24) is 5.32 Å². The van der Waals surface area contributed by atoms with Gasteiger partial charge in [-0.15, -0.1) is 0 Å². The highest BCUT2D eigenvalue weighted by atomic mass is 32.2. The van der Waals surface area contributed by atoms with Crippen LogP contribution in [0.5, 0.6) is 0 Å². The zero-order valence-corrected chi connectivity index (χ0v) is 15.5. The summed E-state index contributed by atoms with van der Waals surface area (Å²) in [7, 11) is -3.10. The third-order valence-electron chi connectivity index (χ3n) is 3.75. The number of sulfone groups is 1. The monoisotopic (exact) mass is 340 g/mol. The van der Waals surface area contributed by atoms with Crippen molar-refractivity contribution in [2.45, 2.75) is 46.7 Å². The molecular weight excluding hydrogens is 312 g/mol.